The van der Waals surface area contributed by atoms with Crippen molar-refractivity contribution in [1.82, 2.24) is 16.1 Å². The van der Waals surface area contributed by atoms with Gasteiger partial charge >= 0.3 is 0 Å². The van der Waals surface area contributed by atoms with Crippen LogP contribution in [0.2, 0.25) is 0 Å². The fraction of sp³-hybridized carbons (Fsp3) is 0.727. The maximum Gasteiger partial charge on any atom is 0.251 e. The predicted molar refractivity (Wildman–Crippen MR) is 81.4 cm³/mol. The van der Waals surface area contributed by atoms with E-state index in [1.54, 1.807) is 5.43 Å². The Morgan fingerprint density at radius 3 is 2.70 bits per heavy atom. The van der Waals surface area contributed by atoms with Crippen molar-refractivity contribution in [1.29, 1.82) is 0 Å². The second-order valence-corrected chi connectivity index (χ2v) is 5.19. The molecule has 1 aliphatic heterocycles. The van der Waals surface area contributed by atoms with Gasteiger partial charge in [0.25, 0.3) is 5.96 Å². The summed E-state index contributed by atoms with van der Waals surface area (Å²) >= 11 is 0. The minimum absolute atomic E-state index is 0.191. The summed E-state index contributed by atoms with van der Waals surface area (Å²) in [5.74, 6) is -1.09. The average Bonchev–Trinajstić information content (AvgIpc) is 2.91. The second-order valence-electron chi connectivity index (χ2n) is 5.19. The number of rotatable bonds is 8. The van der Waals surface area contributed by atoms with Crippen LogP contribution in [0.5, 0.6) is 0 Å². The predicted octanol–water partition coefficient (Wildman–Crippen LogP) is -3.48. The molecular formula is C11H22N8O4. The molecule has 12 heteroatoms. The molecule has 1 saturated heterocycles. The second kappa shape index (κ2) is 8.85. The highest BCUT2D eigenvalue weighted by Crippen LogP contribution is 2.06. The smallest absolute Gasteiger partial charge is 0.251 e. The van der Waals surface area contributed by atoms with E-state index < -0.39 is 23.0 Å². The third-order valence-corrected chi connectivity index (χ3v) is 3.32. The quantitative estimate of drug-likeness (QED) is 0.0864. The fourth-order valence-corrected chi connectivity index (χ4v) is 2.14. The molecule has 0 unspecified atom stereocenters. The van der Waals surface area contributed by atoms with Crippen molar-refractivity contribution in [3.8, 4) is 0 Å². The van der Waals surface area contributed by atoms with E-state index in [2.05, 4.69) is 15.6 Å². The van der Waals surface area contributed by atoms with Crippen molar-refractivity contribution >= 4 is 17.8 Å². The molecular weight excluding hydrogens is 308 g/mol. The number of nitrogens with two attached hydrogens (primary N) is 3. The Morgan fingerprint density at radius 2 is 2.13 bits per heavy atom. The Hall–Kier alpha value is -2.47. The Labute approximate surface area is 132 Å². The third kappa shape index (κ3) is 6.88. The zero-order valence-corrected chi connectivity index (χ0v) is 12.5. The van der Waals surface area contributed by atoms with E-state index in [0.29, 0.717) is 25.8 Å². The monoisotopic (exact) mass is 330 g/mol. The van der Waals surface area contributed by atoms with Gasteiger partial charge in [-0.3, -0.25) is 9.59 Å². The minimum atomic E-state index is -0.812. The van der Waals surface area contributed by atoms with Crippen molar-refractivity contribution < 1.29 is 14.6 Å². The molecule has 1 fully saturated rings. The summed E-state index contributed by atoms with van der Waals surface area (Å²) in [6.45, 7) is 0.668. The van der Waals surface area contributed by atoms with Crippen LogP contribution in [0.3, 0.4) is 0 Å². The van der Waals surface area contributed by atoms with Gasteiger partial charge in [0.2, 0.25) is 11.8 Å². The minimum Gasteiger partial charge on any atom is -0.368 e. The van der Waals surface area contributed by atoms with Gasteiger partial charge in [0, 0.05) is 19.1 Å². The molecule has 0 aromatic carbocycles. The third-order valence-electron chi connectivity index (χ3n) is 3.32. The molecule has 1 aliphatic rings. The standard InChI is InChI=1S/C11H22N8O4/c12-7(2-1-3-15-11(14)18-19(22)23)10(21)17-6-4-8(9(13)20)16-5-6/h6-8,16H,1-5,12H2,(H2,13,20)(H,17,21)(H3,14,15,18)/t6-,7-,8+/m1/s1. The van der Waals surface area contributed by atoms with E-state index in [1.165, 1.54) is 0 Å². The van der Waals surface area contributed by atoms with Crippen LogP contribution in [-0.4, -0.2) is 54.0 Å². The molecule has 23 heavy (non-hydrogen) atoms. The van der Waals surface area contributed by atoms with Crippen LogP contribution in [0, 0.1) is 10.1 Å². The molecule has 12 nitrogen and oxygen atoms in total. The molecule has 0 spiro atoms. The van der Waals surface area contributed by atoms with Gasteiger partial charge in [-0.1, -0.05) is 5.43 Å². The molecule has 3 atom stereocenters. The highest BCUT2D eigenvalue weighted by atomic mass is 16.7. The fourth-order valence-electron chi connectivity index (χ4n) is 2.14. The number of primary amides is 1. The van der Waals surface area contributed by atoms with Gasteiger partial charge in [0.05, 0.1) is 12.1 Å². The lowest BCUT2D eigenvalue weighted by Gasteiger charge is -2.16. The van der Waals surface area contributed by atoms with Gasteiger partial charge in [-0.25, -0.2) is 15.1 Å². The highest BCUT2D eigenvalue weighted by Gasteiger charge is 2.29. The number of amides is 2. The van der Waals surface area contributed by atoms with Crippen molar-refractivity contribution in [3.05, 3.63) is 10.1 Å². The van der Waals surface area contributed by atoms with Crippen LogP contribution in [0.1, 0.15) is 19.3 Å². The maximum atomic E-state index is 11.9. The van der Waals surface area contributed by atoms with Crippen molar-refractivity contribution in [2.45, 2.75) is 37.4 Å². The molecule has 130 valence electrons. The lowest BCUT2D eigenvalue weighted by atomic mass is 10.1. The van der Waals surface area contributed by atoms with Crippen LogP contribution in [0.25, 0.3) is 0 Å². The van der Waals surface area contributed by atoms with Crippen LogP contribution in [0.15, 0.2) is 4.99 Å². The molecule has 0 bridgehead atoms. The van der Waals surface area contributed by atoms with Crippen LogP contribution >= 0.6 is 0 Å². The number of carbonyl (C=O) groups excluding carboxylic acids is 2. The first-order valence-electron chi connectivity index (χ1n) is 7.09. The first-order chi connectivity index (χ1) is 10.8. The Morgan fingerprint density at radius 1 is 1.43 bits per heavy atom. The Kier molecular flexibility index (Phi) is 7.15. The summed E-state index contributed by atoms with van der Waals surface area (Å²) < 4.78 is 0. The van der Waals surface area contributed by atoms with Crippen LogP contribution in [0.4, 0.5) is 0 Å². The molecule has 1 heterocycles. The Bertz CT molecular complexity index is 483. The van der Waals surface area contributed by atoms with Crippen LogP contribution < -0.4 is 33.3 Å². The molecule has 0 saturated carbocycles. The van der Waals surface area contributed by atoms with Gasteiger partial charge in [-0.05, 0) is 19.3 Å². The van der Waals surface area contributed by atoms with Gasteiger partial charge < -0.3 is 27.8 Å². The van der Waals surface area contributed by atoms with Gasteiger partial charge in [-0.2, -0.15) is 0 Å². The number of carbonyl (C=O) groups is 2. The maximum absolute atomic E-state index is 11.9. The first kappa shape index (κ1) is 18.6. The van der Waals surface area contributed by atoms with Gasteiger partial charge in [0.15, 0.2) is 5.03 Å². The normalized spacial score (nSPS) is 22.4. The van der Waals surface area contributed by atoms with Crippen molar-refractivity contribution in [3.63, 3.8) is 0 Å². The molecule has 0 aromatic heterocycles. The van der Waals surface area contributed by atoms with E-state index in [9.17, 15) is 19.7 Å². The van der Waals surface area contributed by atoms with Crippen LogP contribution in [-0.2, 0) is 9.59 Å². The lowest BCUT2D eigenvalue weighted by Crippen LogP contribution is -2.46. The van der Waals surface area contributed by atoms with Crippen molar-refractivity contribution in [2.75, 3.05) is 13.1 Å². The number of nitrogens with one attached hydrogen (secondary N) is 3. The number of nitro groups is 1. The summed E-state index contributed by atoms with van der Waals surface area (Å²) in [4.78, 5) is 36.7. The van der Waals surface area contributed by atoms with E-state index in [1.807, 2.05) is 0 Å². The van der Waals surface area contributed by atoms with E-state index in [4.69, 9.17) is 17.2 Å². The summed E-state index contributed by atoms with van der Waals surface area (Å²) in [6, 6.07) is -1.37. The number of aliphatic imine (C=N–C) groups is 1. The zero-order chi connectivity index (χ0) is 17.4. The molecule has 9 N–H and O–H groups in total. The summed E-state index contributed by atoms with van der Waals surface area (Å²) in [7, 11) is 0. The number of nitrogens with zero attached hydrogens (tertiary/aromatic N) is 2. The van der Waals surface area contributed by atoms with Gasteiger partial charge in [-0.15, -0.1) is 0 Å². The summed E-state index contributed by atoms with van der Waals surface area (Å²) in [5, 5.41) is 14.9. The highest BCUT2D eigenvalue weighted by molar-refractivity contribution is 5.83. The molecule has 0 aromatic rings. The SMILES string of the molecule is NC(=O)[C@@H]1C[C@@H](NC(=O)[C@H](N)CCCN=C(N)N[N+](=O)[O-])CN1. The molecule has 0 radical (unpaired) electrons. The number of hydrogen-bond donors (Lipinski definition) is 6. The number of hydrogen-bond acceptors (Lipinski definition) is 7. The first-order valence-corrected chi connectivity index (χ1v) is 7.09. The summed E-state index contributed by atoms with van der Waals surface area (Å²) in [5.41, 5.74) is 17.9. The lowest BCUT2D eigenvalue weighted by molar-refractivity contribution is -0.525. The van der Waals surface area contributed by atoms with Crippen molar-refractivity contribution in [2.24, 2.45) is 22.2 Å². The molecule has 2 amide bonds. The van der Waals surface area contributed by atoms with E-state index >= 15 is 0 Å². The topological polar surface area (TPSA) is 204 Å². The van der Waals surface area contributed by atoms with E-state index in [0.717, 1.165) is 0 Å². The summed E-state index contributed by atoms with van der Waals surface area (Å²) in [6.07, 6.45) is 1.23. The number of hydrazine groups is 1. The van der Waals surface area contributed by atoms with Gasteiger partial charge in [0.1, 0.15) is 0 Å². The Balaban J connectivity index is 2.24. The molecule has 1 rings (SSSR count). The largest absolute Gasteiger partial charge is 0.368 e. The van der Waals surface area contributed by atoms with E-state index in [-0.39, 0.29) is 24.5 Å². The molecule has 0 aliphatic carbocycles. The zero-order valence-electron chi connectivity index (χ0n) is 12.5. The number of guanidine groups is 1. The average molecular weight is 330 g/mol.